The smallest absolute Gasteiger partial charge is 0.229 e. The van der Waals surface area contributed by atoms with Crippen molar-refractivity contribution in [3.05, 3.63) is 47.8 Å². The van der Waals surface area contributed by atoms with E-state index in [0.717, 1.165) is 30.0 Å². The van der Waals surface area contributed by atoms with Crippen LogP contribution in [0.2, 0.25) is 0 Å². The highest BCUT2D eigenvalue weighted by Crippen LogP contribution is 2.49. The number of aromatic nitrogens is 5. The number of carbonyl (C=O) groups is 1. The van der Waals surface area contributed by atoms with Gasteiger partial charge in [-0.1, -0.05) is 0 Å². The number of halogens is 1. The molecule has 0 aromatic carbocycles. The summed E-state index contributed by atoms with van der Waals surface area (Å²) in [6, 6.07) is 3.31. The van der Waals surface area contributed by atoms with Gasteiger partial charge in [-0.3, -0.25) is 4.79 Å². The SMILES string of the molecule is Cc1cn2nc(-c3cc(F)c4nc(NC(=O)C5[C@H]6CNC[C@@H]56)cn4c3)cc(C)c2n1. The van der Waals surface area contributed by atoms with Crippen molar-refractivity contribution < 1.29 is 9.18 Å². The molecule has 30 heavy (non-hydrogen) atoms. The molecule has 0 spiro atoms. The summed E-state index contributed by atoms with van der Waals surface area (Å²) in [5, 5.41) is 10.7. The fourth-order valence-corrected chi connectivity index (χ4v) is 4.66. The molecule has 2 N–H and O–H groups in total. The van der Waals surface area contributed by atoms with Gasteiger partial charge < -0.3 is 15.0 Å². The molecule has 8 nitrogen and oxygen atoms in total. The summed E-state index contributed by atoms with van der Waals surface area (Å²) in [5.41, 5.74) is 4.03. The Morgan fingerprint density at radius 3 is 2.73 bits per heavy atom. The molecule has 0 bridgehead atoms. The third kappa shape index (κ3) is 2.62. The van der Waals surface area contributed by atoms with Crippen LogP contribution in [0.5, 0.6) is 0 Å². The number of hydrogen-bond acceptors (Lipinski definition) is 5. The lowest BCUT2D eigenvalue weighted by atomic mass is 10.1. The number of aryl methyl sites for hydroxylation is 2. The number of imidazole rings is 2. The van der Waals surface area contributed by atoms with E-state index >= 15 is 0 Å². The average Bonchev–Trinajstić information content (AvgIpc) is 3.09. The highest BCUT2D eigenvalue weighted by molar-refractivity contribution is 5.94. The number of carbonyl (C=O) groups excluding carboxylic acids is 1. The summed E-state index contributed by atoms with van der Waals surface area (Å²) in [7, 11) is 0. The zero-order chi connectivity index (χ0) is 20.6. The van der Waals surface area contributed by atoms with Crippen LogP contribution in [0.15, 0.2) is 30.7 Å². The fraction of sp³-hybridized carbons (Fsp3) is 0.333. The van der Waals surface area contributed by atoms with E-state index in [1.165, 1.54) is 6.07 Å². The van der Waals surface area contributed by atoms with Gasteiger partial charge in [0.05, 0.1) is 23.8 Å². The lowest BCUT2D eigenvalue weighted by Gasteiger charge is -2.05. The minimum atomic E-state index is -0.471. The maximum Gasteiger partial charge on any atom is 0.229 e. The van der Waals surface area contributed by atoms with Gasteiger partial charge in [-0.2, -0.15) is 5.10 Å². The molecule has 5 heterocycles. The summed E-state index contributed by atoms with van der Waals surface area (Å²) in [4.78, 5) is 21.2. The van der Waals surface area contributed by atoms with Gasteiger partial charge in [-0.15, -0.1) is 0 Å². The number of anilines is 1. The van der Waals surface area contributed by atoms with Crippen LogP contribution >= 0.6 is 0 Å². The summed E-state index contributed by atoms with van der Waals surface area (Å²) < 4.78 is 18.1. The van der Waals surface area contributed by atoms with E-state index in [1.54, 1.807) is 21.3 Å². The first-order chi connectivity index (χ1) is 14.5. The fourth-order valence-electron chi connectivity index (χ4n) is 4.66. The highest BCUT2D eigenvalue weighted by Gasteiger charge is 2.56. The number of nitrogens with zero attached hydrogens (tertiary/aromatic N) is 5. The molecular weight excluding hydrogens is 385 g/mol. The van der Waals surface area contributed by atoms with Crippen molar-refractivity contribution in [2.75, 3.05) is 18.4 Å². The maximum absolute atomic E-state index is 14.8. The first kappa shape index (κ1) is 17.5. The van der Waals surface area contributed by atoms with Crippen LogP contribution in [0.3, 0.4) is 0 Å². The number of amides is 1. The first-order valence-corrected chi connectivity index (χ1v) is 10.0. The molecule has 4 aromatic rings. The second-order valence-corrected chi connectivity index (χ2v) is 8.30. The summed E-state index contributed by atoms with van der Waals surface area (Å²) in [6.45, 7) is 5.64. The van der Waals surface area contributed by atoms with Crippen LogP contribution in [0, 0.1) is 37.4 Å². The maximum atomic E-state index is 14.8. The molecule has 1 unspecified atom stereocenters. The highest BCUT2D eigenvalue weighted by atomic mass is 19.1. The Bertz CT molecular complexity index is 1330. The summed E-state index contributed by atoms with van der Waals surface area (Å²) >= 11 is 0. The molecule has 152 valence electrons. The lowest BCUT2D eigenvalue weighted by Crippen LogP contribution is -2.23. The van der Waals surface area contributed by atoms with Gasteiger partial charge in [0.15, 0.2) is 22.9 Å². The van der Waals surface area contributed by atoms with E-state index in [4.69, 9.17) is 0 Å². The van der Waals surface area contributed by atoms with Crippen molar-refractivity contribution in [2.24, 2.45) is 17.8 Å². The molecule has 6 rings (SSSR count). The minimum absolute atomic E-state index is 0.0336. The number of hydrogen-bond donors (Lipinski definition) is 2. The Labute approximate surface area is 171 Å². The number of fused-ring (bicyclic) bond motifs is 3. The van der Waals surface area contributed by atoms with Crippen LogP contribution in [-0.4, -0.2) is 43.0 Å². The first-order valence-electron chi connectivity index (χ1n) is 10.0. The molecule has 1 amide bonds. The van der Waals surface area contributed by atoms with Crippen LogP contribution in [0.4, 0.5) is 10.2 Å². The number of rotatable bonds is 3. The summed E-state index contributed by atoms with van der Waals surface area (Å²) in [6.07, 6.45) is 5.26. The van der Waals surface area contributed by atoms with E-state index in [-0.39, 0.29) is 17.5 Å². The number of pyridine rings is 1. The van der Waals surface area contributed by atoms with Crippen molar-refractivity contribution in [1.82, 2.24) is 29.3 Å². The molecule has 1 saturated heterocycles. The van der Waals surface area contributed by atoms with E-state index in [0.29, 0.717) is 28.9 Å². The third-order valence-corrected chi connectivity index (χ3v) is 6.18. The van der Waals surface area contributed by atoms with E-state index in [2.05, 4.69) is 25.7 Å². The van der Waals surface area contributed by atoms with Gasteiger partial charge in [0.25, 0.3) is 0 Å². The van der Waals surface area contributed by atoms with Crippen LogP contribution in [0.1, 0.15) is 11.3 Å². The van der Waals surface area contributed by atoms with E-state index in [9.17, 15) is 9.18 Å². The second-order valence-electron chi connectivity index (χ2n) is 8.30. The number of piperidine rings is 1. The molecule has 2 aliphatic rings. The Morgan fingerprint density at radius 2 is 1.93 bits per heavy atom. The molecule has 3 atom stereocenters. The topological polar surface area (TPSA) is 88.6 Å². The van der Waals surface area contributed by atoms with Crippen molar-refractivity contribution in [2.45, 2.75) is 13.8 Å². The second kappa shape index (κ2) is 6.09. The zero-order valence-electron chi connectivity index (χ0n) is 16.6. The molecule has 0 radical (unpaired) electrons. The van der Waals surface area contributed by atoms with Gasteiger partial charge in [0.1, 0.15) is 0 Å². The molecule has 9 heteroatoms. The average molecular weight is 405 g/mol. The number of nitrogens with one attached hydrogen (secondary N) is 2. The Kier molecular flexibility index (Phi) is 3.55. The monoisotopic (exact) mass is 405 g/mol. The van der Waals surface area contributed by atoms with Gasteiger partial charge in [-0.05, 0) is 56.5 Å². The normalized spacial score (nSPS) is 22.6. The predicted octanol–water partition coefficient (Wildman–Crippen LogP) is 2.20. The molecule has 1 aliphatic heterocycles. The predicted molar refractivity (Wildman–Crippen MR) is 109 cm³/mol. The van der Waals surface area contributed by atoms with E-state index < -0.39 is 5.82 Å². The standard InChI is InChI=1S/C21H20FN7O/c1-10-3-16(27-29-7-11(2)24-19(10)29)12-4-15(22)20-25-17(9-28(20)8-12)26-21(30)18-13-5-23-6-14(13)18/h3-4,7-9,13-14,18,23H,5-6H2,1-2H3,(H,26,30)/t13-,14+,18?. The third-order valence-electron chi connectivity index (χ3n) is 6.18. The van der Waals surface area contributed by atoms with Crippen molar-refractivity contribution in [3.8, 4) is 11.3 Å². The van der Waals surface area contributed by atoms with Crippen LogP contribution < -0.4 is 10.6 Å². The van der Waals surface area contributed by atoms with Gasteiger partial charge in [0.2, 0.25) is 5.91 Å². The van der Waals surface area contributed by atoms with Gasteiger partial charge >= 0.3 is 0 Å². The van der Waals surface area contributed by atoms with Crippen molar-refractivity contribution >= 4 is 23.0 Å². The Balaban J connectivity index is 1.34. The molecule has 4 aromatic heterocycles. The zero-order valence-corrected chi connectivity index (χ0v) is 16.6. The van der Waals surface area contributed by atoms with Crippen LogP contribution in [-0.2, 0) is 4.79 Å². The Hall–Kier alpha value is -3.33. The van der Waals surface area contributed by atoms with E-state index in [1.807, 2.05) is 26.1 Å². The molecule has 2 fully saturated rings. The van der Waals surface area contributed by atoms with Crippen molar-refractivity contribution in [1.29, 1.82) is 0 Å². The summed E-state index contributed by atoms with van der Waals surface area (Å²) in [5.74, 6) is 0.728. The lowest BCUT2D eigenvalue weighted by molar-refractivity contribution is -0.118. The van der Waals surface area contributed by atoms with Crippen molar-refractivity contribution in [3.63, 3.8) is 0 Å². The van der Waals surface area contributed by atoms with Crippen LogP contribution in [0.25, 0.3) is 22.6 Å². The minimum Gasteiger partial charge on any atom is -0.316 e. The molecule has 1 saturated carbocycles. The quantitative estimate of drug-likeness (QED) is 0.546. The molecular formula is C21H20FN7O. The van der Waals surface area contributed by atoms with Gasteiger partial charge in [-0.25, -0.2) is 18.9 Å². The van der Waals surface area contributed by atoms with Gasteiger partial charge in [0, 0.05) is 17.7 Å². The Morgan fingerprint density at radius 1 is 1.13 bits per heavy atom. The molecule has 1 aliphatic carbocycles. The largest absolute Gasteiger partial charge is 0.316 e.